The molecule has 3 rings (SSSR count). The van der Waals surface area contributed by atoms with Gasteiger partial charge in [-0.3, -0.25) is 9.59 Å². The van der Waals surface area contributed by atoms with Gasteiger partial charge in [-0.1, -0.05) is 43.6 Å². The van der Waals surface area contributed by atoms with Crippen LogP contribution in [0.15, 0.2) is 36.4 Å². The SMILES string of the molecule is CCCNC(=O)C(CC)NC(=O)c1nc(-c2cccc(Cl)c2)ccc1C1CC1. The van der Waals surface area contributed by atoms with Crippen LogP contribution in [0.1, 0.15) is 61.5 Å². The van der Waals surface area contributed by atoms with E-state index in [9.17, 15) is 9.59 Å². The molecule has 1 saturated carbocycles. The number of nitrogens with zero attached hydrogens (tertiary/aromatic N) is 1. The standard InChI is InChI=1S/C22H26ClN3O2/c1-3-12-24-21(27)18(4-2)26-22(28)20-17(14-8-9-14)10-11-19(25-20)15-6-5-7-16(23)13-15/h5-7,10-11,13-14,18H,3-4,8-9,12H2,1-2H3,(H,24,27)(H,26,28). The molecule has 1 aromatic carbocycles. The largest absolute Gasteiger partial charge is 0.354 e. The van der Waals surface area contributed by atoms with Crippen LogP contribution in [0, 0.1) is 0 Å². The smallest absolute Gasteiger partial charge is 0.270 e. The van der Waals surface area contributed by atoms with Crippen molar-refractivity contribution >= 4 is 23.4 Å². The van der Waals surface area contributed by atoms with E-state index in [1.165, 1.54) is 0 Å². The summed E-state index contributed by atoms with van der Waals surface area (Å²) in [6, 6.07) is 10.8. The van der Waals surface area contributed by atoms with Gasteiger partial charge in [-0.15, -0.1) is 0 Å². The maximum atomic E-state index is 13.0. The third kappa shape index (κ3) is 4.90. The van der Waals surface area contributed by atoms with Gasteiger partial charge in [0.25, 0.3) is 5.91 Å². The van der Waals surface area contributed by atoms with Gasteiger partial charge < -0.3 is 10.6 Å². The third-order valence-corrected chi connectivity index (χ3v) is 5.09. The summed E-state index contributed by atoms with van der Waals surface area (Å²) >= 11 is 6.10. The summed E-state index contributed by atoms with van der Waals surface area (Å²) in [6.45, 7) is 4.47. The number of hydrogen-bond acceptors (Lipinski definition) is 3. The Morgan fingerprint density at radius 3 is 2.64 bits per heavy atom. The van der Waals surface area contributed by atoms with Crippen molar-refractivity contribution in [3.8, 4) is 11.3 Å². The predicted octanol–water partition coefficient (Wildman–Crippen LogP) is 4.31. The van der Waals surface area contributed by atoms with Crippen molar-refractivity contribution in [1.82, 2.24) is 15.6 Å². The van der Waals surface area contributed by atoms with E-state index in [1.54, 1.807) is 6.07 Å². The minimum atomic E-state index is -0.567. The Bertz CT molecular complexity index is 865. The molecular weight excluding hydrogens is 374 g/mol. The average Bonchev–Trinajstić information content (AvgIpc) is 3.54. The second-order valence-electron chi connectivity index (χ2n) is 7.14. The van der Waals surface area contributed by atoms with Crippen molar-refractivity contribution in [3.05, 3.63) is 52.7 Å². The van der Waals surface area contributed by atoms with E-state index < -0.39 is 6.04 Å². The van der Waals surface area contributed by atoms with Crippen LogP contribution in [0.2, 0.25) is 5.02 Å². The molecule has 1 atom stereocenters. The van der Waals surface area contributed by atoms with Crippen LogP contribution in [0.5, 0.6) is 0 Å². The van der Waals surface area contributed by atoms with Crippen molar-refractivity contribution < 1.29 is 9.59 Å². The zero-order chi connectivity index (χ0) is 20.1. The number of pyridine rings is 1. The van der Waals surface area contributed by atoms with Gasteiger partial charge in [0.15, 0.2) is 0 Å². The first kappa shape index (κ1) is 20.3. The summed E-state index contributed by atoms with van der Waals surface area (Å²) in [7, 11) is 0. The molecule has 6 heteroatoms. The molecular formula is C22H26ClN3O2. The molecule has 0 spiro atoms. The van der Waals surface area contributed by atoms with Crippen LogP contribution < -0.4 is 10.6 Å². The molecule has 0 radical (unpaired) electrons. The van der Waals surface area contributed by atoms with Gasteiger partial charge in [-0.2, -0.15) is 0 Å². The van der Waals surface area contributed by atoms with E-state index in [0.29, 0.717) is 35.3 Å². The van der Waals surface area contributed by atoms with Crippen molar-refractivity contribution in [2.24, 2.45) is 0 Å². The van der Waals surface area contributed by atoms with E-state index in [1.807, 2.05) is 44.2 Å². The number of carbonyl (C=O) groups excluding carboxylic acids is 2. The van der Waals surface area contributed by atoms with Gasteiger partial charge in [0.2, 0.25) is 5.91 Å². The van der Waals surface area contributed by atoms with Crippen LogP contribution in [-0.2, 0) is 4.79 Å². The molecule has 0 bridgehead atoms. The highest BCUT2D eigenvalue weighted by Crippen LogP contribution is 2.41. The van der Waals surface area contributed by atoms with Crippen LogP contribution in [0.25, 0.3) is 11.3 Å². The summed E-state index contributed by atoms with van der Waals surface area (Å²) in [5.74, 6) is -0.0865. The normalized spacial score (nSPS) is 14.4. The van der Waals surface area contributed by atoms with Gasteiger partial charge in [-0.25, -0.2) is 4.98 Å². The summed E-state index contributed by atoms with van der Waals surface area (Å²) in [4.78, 5) is 30.0. The summed E-state index contributed by atoms with van der Waals surface area (Å²) in [5, 5.41) is 6.33. The highest BCUT2D eigenvalue weighted by molar-refractivity contribution is 6.30. The highest BCUT2D eigenvalue weighted by Gasteiger charge is 2.30. The molecule has 2 amide bonds. The maximum absolute atomic E-state index is 13.0. The molecule has 1 heterocycles. The molecule has 0 aliphatic heterocycles. The Morgan fingerprint density at radius 2 is 2.00 bits per heavy atom. The van der Waals surface area contributed by atoms with E-state index in [0.717, 1.165) is 30.4 Å². The second-order valence-corrected chi connectivity index (χ2v) is 7.58. The molecule has 28 heavy (non-hydrogen) atoms. The van der Waals surface area contributed by atoms with Gasteiger partial charge in [0.1, 0.15) is 11.7 Å². The topological polar surface area (TPSA) is 71.1 Å². The van der Waals surface area contributed by atoms with E-state index in [2.05, 4.69) is 15.6 Å². The number of rotatable bonds is 8. The summed E-state index contributed by atoms with van der Waals surface area (Å²) in [5.41, 5.74) is 2.91. The molecule has 1 aromatic heterocycles. The van der Waals surface area contributed by atoms with Gasteiger partial charge >= 0.3 is 0 Å². The predicted molar refractivity (Wildman–Crippen MR) is 112 cm³/mol. The molecule has 2 N–H and O–H groups in total. The first-order chi connectivity index (χ1) is 13.5. The molecule has 0 saturated heterocycles. The first-order valence-electron chi connectivity index (χ1n) is 9.89. The fourth-order valence-corrected chi connectivity index (χ4v) is 3.33. The Labute approximate surface area is 170 Å². The third-order valence-electron chi connectivity index (χ3n) is 4.86. The number of carbonyl (C=O) groups is 2. The quantitative estimate of drug-likeness (QED) is 0.694. The Balaban J connectivity index is 1.87. The average molecular weight is 400 g/mol. The second kappa shape index (κ2) is 9.20. The molecule has 1 fully saturated rings. The number of amides is 2. The first-order valence-corrected chi connectivity index (χ1v) is 10.3. The minimum absolute atomic E-state index is 0.156. The molecule has 148 valence electrons. The number of halogens is 1. The number of nitrogens with one attached hydrogen (secondary N) is 2. The van der Waals surface area contributed by atoms with Crippen LogP contribution in [0.4, 0.5) is 0 Å². The zero-order valence-corrected chi connectivity index (χ0v) is 17.1. The molecule has 2 aromatic rings. The lowest BCUT2D eigenvalue weighted by atomic mass is 10.0. The highest BCUT2D eigenvalue weighted by atomic mass is 35.5. The summed E-state index contributed by atoms with van der Waals surface area (Å²) in [6.07, 6.45) is 3.50. The maximum Gasteiger partial charge on any atom is 0.270 e. The van der Waals surface area contributed by atoms with Gasteiger partial charge in [0, 0.05) is 17.1 Å². The molecule has 5 nitrogen and oxygen atoms in total. The Morgan fingerprint density at radius 1 is 1.21 bits per heavy atom. The molecule has 1 aliphatic carbocycles. The summed E-state index contributed by atoms with van der Waals surface area (Å²) < 4.78 is 0. The van der Waals surface area contributed by atoms with Crippen LogP contribution >= 0.6 is 11.6 Å². The monoisotopic (exact) mass is 399 g/mol. The van der Waals surface area contributed by atoms with Crippen molar-refractivity contribution in [1.29, 1.82) is 0 Å². The number of benzene rings is 1. The zero-order valence-electron chi connectivity index (χ0n) is 16.3. The lowest BCUT2D eigenvalue weighted by Crippen LogP contribution is -2.46. The van der Waals surface area contributed by atoms with Crippen molar-refractivity contribution in [2.45, 2.75) is 51.5 Å². The Kier molecular flexibility index (Phi) is 6.68. The van der Waals surface area contributed by atoms with E-state index in [4.69, 9.17) is 11.6 Å². The van der Waals surface area contributed by atoms with Crippen molar-refractivity contribution in [3.63, 3.8) is 0 Å². The fraction of sp³-hybridized carbons (Fsp3) is 0.409. The van der Waals surface area contributed by atoms with E-state index in [-0.39, 0.29) is 11.8 Å². The van der Waals surface area contributed by atoms with Crippen molar-refractivity contribution in [2.75, 3.05) is 6.54 Å². The lowest BCUT2D eigenvalue weighted by molar-refractivity contribution is -0.123. The fourth-order valence-electron chi connectivity index (χ4n) is 3.14. The van der Waals surface area contributed by atoms with Gasteiger partial charge in [-0.05, 0) is 55.4 Å². The van der Waals surface area contributed by atoms with E-state index >= 15 is 0 Å². The minimum Gasteiger partial charge on any atom is -0.354 e. The molecule has 1 unspecified atom stereocenters. The van der Waals surface area contributed by atoms with Crippen LogP contribution in [-0.4, -0.2) is 29.4 Å². The molecule has 1 aliphatic rings. The van der Waals surface area contributed by atoms with Gasteiger partial charge in [0.05, 0.1) is 5.69 Å². The van der Waals surface area contributed by atoms with Crippen LogP contribution in [0.3, 0.4) is 0 Å². The Hall–Kier alpha value is -2.40. The number of hydrogen-bond donors (Lipinski definition) is 2. The number of aromatic nitrogens is 1. The lowest BCUT2D eigenvalue weighted by Gasteiger charge is -2.18.